The van der Waals surface area contributed by atoms with Gasteiger partial charge in [-0.2, -0.15) is 18.4 Å². The second-order valence-electron chi connectivity index (χ2n) is 8.62. The van der Waals surface area contributed by atoms with E-state index >= 15 is 0 Å². The minimum Gasteiger partial charge on any atom is -0.346 e. The van der Waals surface area contributed by atoms with E-state index in [0.717, 1.165) is 47.9 Å². The summed E-state index contributed by atoms with van der Waals surface area (Å²) in [5.74, 6) is 0. The molecule has 190 valence electrons. The van der Waals surface area contributed by atoms with Gasteiger partial charge in [0.2, 0.25) is 0 Å². The smallest absolute Gasteiger partial charge is 0.346 e. The molecule has 0 aliphatic rings. The van der Waals surface area contributed by atoms with Crippen LogP contribution in [0.2, 0.25) is 0 Å². The van der Waals surface area contributed by atoms with Crippen molar-refractivity contribution in [2.75, 3.05) is 31.3 Å². The number of nitrogens with zero attached hydrogens (tertiary/aromatic N) is 3. The van der Waals surface area contributed by atoms with E-state index in [9.17, 15) is 23.2 Å². The second-order valence-corrected chi connectivity index (χ2v) is 9.73. The molecule has 10 heteroatoms. The fourth-order valence-electron chi connectivity index (χ4n) is 3.72. The molecule has 37 heavy (non-hydrogen) atoms. The summed E-state index contributed by atoms with van der Waals surface area (Å²) in [7, 11) is 4.04. The summed E-state index contributed by atoms with van der Waals surface area (Å²) in [6.07, 6.45) is -2.43. The van der Waals surface area contributed by atoms with Gasteiger partial charge in [-0.25, -0.2) is 4.79 Å². The number of hydrogen-bond acceptors (Lipinski definition) is 4. The first-order valence-corrected chi connectivity index (χ1v) is 12.1. The molecule has 0 aliphatic carbocycles. The summed E-state index contributed by atoms with van der Waals surface area (Å²) < 4.78 is 41.2. The lowest BCUT2D eigenvalue weighted by Gasteiger charge is -2.12. The van der Waals surface area contributed by atoms with Gasteiger partial charge in [-0.3, -0.25) is 0 Å². The number of rotatable bonds is 7. The standard InChI is InChI=1S/C27H24F3N5OS/c1-34(2)12-13-35-11-10-18-14-21(6-8-24(18)35)32-26(36)33-22-7-9-25(19(15-22)17-31)37-23-5-3-4-20(16-23)27(28,29)30/h3-11,14-16H,12-13H2,1-2H3,(H2,32,33,36). The molecular weight excluding hydrogens is 499 g/mol. The first kappa shape index (κ1) is 26.1. The zero-order valence-corrected chi connectivity index (χ0v) is 21.0. The molecule has 3 aromatic carbocycles. The highest BCUT2D eigenvalue weighted by Crippen LogP contribution is 2.36. The molecule has 0 spiro atoms. The molecule has 0 atom stereocenters. The number of hydrogen-bond donors (Lipinski definition) is 2. The lowest BCUT2D eigenvalue weighted by atomic mass is 10.2. The van der Waals surface area contributed by atoms with E-state index in [4.69, 9.17) is 0 Å². The maximum absolute atomic E-state index is 13.0. The van der Waals surface area contributed by atoms with Gasteiger partial charge < -0.3 is 20.1 Å². The Morgan fingerprint density at radius 1 is 1.03 bits per heavy atom. The quantitative estimate of drug-likeness (QED) is 0.277. The Morgan fingerprint density at radius 3 is 2.46 bits per heavy atom. The number of urea groups is 1. The van der Waals surface area contributed by atoms with Crippen molar-refractivity contribution in [1.82, 2.24) is 9.47 Å². The number of fused-ring (bicyclic) bond motifs is 1. The van der Waals surface area contributed by atoms with Gasteiger partial charge in [0.05, 0.1) is 11.1 Å². The van der Waals surface area contributed by atoms with Crippen molar-refractivity contribution in [2.24, 2.45) is 0 Å². The van der Waals surface area contributed by atoms with Crippen LogP contribution >= 0.6 is 11.8 Å². The Hall–Kier alpha value is -3.94. The molecule has 6 nitrogen and oxygen atoms in total. The van der Waals surface area contributed by atoms with E-state index in [1.807, 2.05) is 50.6 Å². The van der Waals surface area contributed by atoms with Crippen LogP contribution in [-0.2, 0) is 12.7 Å². The average molecular weight is 524 g/mol. The third kappa shape index (κ3) is 6.64. The summed E-state index contributed by atoms with van der Waals surface area (Å²) in [4.78, 5) is 15.5. The maximum atomic E-state index is 13.0. The van der Waals surface area contributed by atoms with E-state index < -0.39 is 17.8 Å². The molecule has 2 N–H and O–H groups in total. The predicted octanol–water partition coefficient (Wildman–Crippen LogP) is 6.89. The first-order valence-electron chi connectivity index (χ1n) is 11.3. The Balaban J connectivity index is 1.43. The molecule has 0 unspecified atom stereocenters. The number of aromatic nitrogens is 1. The molecule has 2 amide bonds. The SMILES string of the molecule is CN(C)CCn1ccc2cc(NC(=O)Nc3ccc(Sc4cccc(C(F)(F)F)c4)c(C#N)c3)ccc21. The van der Waals surface area contributed by atoms with Crippen molar-refractivity contribution in [3.63, 3.8) is 0 Å². The van der Waals surface area contributed by atoms with Crippen LogP contribution in [0.3, 0.4) is 0 Å². The minimum atomic E-state index is -4.45. The number of carbonyl (C=O) groups is 1. The Morgan fingerprint density at radius 2 is 1.76 bits per heavy atom. The molecule has 4 rings (SSSR count). The van der Waals surface area contributed by atoms with Gasteiger partial charge in [0.25, 0.3) is 0 Å². The molecule has 0 bridgehead atoms. The van der Waals surface area contributed by atoms with Crippen molar-refractivity contribution >= 4 is 40.1 Å². The zero-order chi connectivity index (χ0) is 26.6. The van der Waals surface area contributed by atoms with Crippen molar-refractivity contribution < 1.29 is 18.0 Å². The van der Waals surface area contributed by atoms with E-state index in [0.29, 0.717) is 21.2 Å². The molecule has 0 fully saturated rings. The van der Waals surface area contributed by atoms with Crippen LogP contribution in [0.4, 0.5) is 29.3 Å². The summed E-state index contributed by atoms with van der Waals surface area (Å²) in [6.45, 7) is 1.77. The van der Waals surface area contributed by atoms with E-state index in [1.54, 1.807) is 18.2 Å². The number of halogens is 3. The molecule has 0 saturated carbocycles. The fraction of sp³-hybridized carbons (Fsp3) is 0.185. The van der Waals surface area contributed by atoms with Gasteiger partial charge in [-0.1, -0.05) is 17.8 Å². The number of anilines is 2. The van der Waals surface area contributed by atoms with E-state index in [-0.39, 0.29) is 5.56 Å². The number of nitriles is 1. The molecule has 4 aromatic rings. The zero-order valence-electron chi connectivity index (χ0n) is 20.1. The number of nitrogens with one attached hydrogen (secondary N) is 2. The summed E-state index contributed by atoms with van der Waals surface area (Å²) in [6, 6.07) is 18.8. The molecule has 0 aliphatic heterocycles. The van der Waals surface area contributed by atoms with Crippen LogP contribution in [0.15, 0.2) is 82.7 Å². The molecule has 1 heterocycles. The number of carbonyl (C=O) groups excluding carboxylic acids is 1. The van der Waals surface area contributed by atoms with Crippen molar-refractivity contribution in [3.05, 3.63) is 84.1 Å². The molecule has 0 saturated heterocycles. The highest BCUT2D eigenvalue weighted by atomic mass is 32.2. The van der Waals surface area contributed by atoms with Gasteiger partial charge in [0.15, 0.2) is 0 Å². The van der Waals surface area contributed by atoms with Crippen molar-refractivity contribution in [1.29, 1.82) is 5.26 Å². The Kier molecular flexibility index (Phi) is 7.76. The van der Waals surface area contributed by atoms with Gasteiger partial charge in [-0.05, 0) is 74.8 Å². The number of amides is 2. The van der Waals surface area contributed by atoms with E-state index in [2.05, 4.69) is 20.1 Å². The number of alkyl halides is 3. The Bertz CT molecular complexity index is 1470. The highest BCUT2D eigenvalue weighted by Gasteiger charge is 2.30. The lowest BCUT2D eigenvalue weighted by molar-refractivity contribution is -0.137. The summed E-state index contributed by atoms with van der Waals surface area (Å²) in [5, 5.41) is 16.1. The molecule has 1 aromatic heterocycles. The Labute approximate surface area is 216 Å². The summed E-state index contributed by atoms with van der Waals surface area (Å²) in [5.41, 5.74) is 1.56. The van der Waals surface area contributed by atoms with Crippen LogP contribution in [0.1, 0.15) is 11.1 Å². The third-order valence-electron chi connectivity index (χ3n) is 5.56. The van der Waals surface area contributed by atoms with Crippen molar-refractivity contribution in [3.8, 4) is 6.07 Å². The van der Waals surface area contributed by atoms with Crippen LogP contribution < -0.4 is 10.6 Å². The van der Waals surface area contributed by atoms with Gasteiger partial charge >= 0.3 is 12.2 Å². The maximum Gasteiger partial charge on any atom is 0.416 e. The molecular formula is C27H24F3N5OS. The first-order chi connectivity index (χ1) is 17.6. The van der Waals surface area contributed by atoms with Gasteiger partial charge in [0.1, 0.15) is 6.07 Å². The lowest BCUT2D eigenvalue weighted by Crippen LogP contribution is -2.19. The van der Waals surface area contributed by atoms with Crippen molar-refractivity contribution in [2.45, 2.75) is 22.5 Å². The average Bonchev–Trinajstić information content (AvgIpc) is 3.25. The minimum absolute atomic E-state index is 0.237. The number of likely N-dealkylation sites (N-methyl/N-ethyl adjacent to an activating group) is 1. The molecule has 0 radical (unpaired) electrons. The number of benzene rings is 3. The van der Waals surface area contributed by atoms with E-state index in [1.165, 1.54) is 12.1 Å². The second kappa shape index (κ2) is 11.0. The highest BCUT2D eigenvalue weighted by molar-refractivity contribution is 7.99. The van der Waals surface area contributed by atoms with Gasteiger partial charge in [0, 0.05) is 51.4 Å². The van der Waals surface area contributed by atoms with Gasteiger partial charge in [-0.15, -0.1) is 0 Å². The third-order valence-corrected chi connectivity index (χ3v) is 6.63. The normalized spacial score (nSPS) is 11.5. The van der Waals surface area contributed by atoms with Crippen LogP contribution in [0.5, 0.6) is 0 Å². The fourth-order valence-corrected chi connectivity index (χ4v) is 4.66. The largest absolute Gasteiger partial charge is 0.416 e. The van der Waals surface area contributed by atoms with Crippen LogP contribution in [-0.4, -0.2) is 36.1 Å². The van der Waals surface area contributed by atoms with Crippen LogP contribution in [0.25, 0.3) is 10.9 Å². The topological polar surface area (TPSA) is 73.1 Å². The van der Waals surface area contributed by atoms with Crippen LogP contribution in [0, 0.1) is 11.3 Å². The predicted molar refractivity (Wildman–Crippen MR) is 140 cm³/mol. The summed E-state index contributed by atoms with van der Waals surface area (Å²) >= 11 is 1.05. The monoisotopic (exact) mass is 523 g/mol.